The molecule has 9 fully saturated rings. The van der Waals surface area contributed by atoms with Crippen molar-refractivity contribution in [1.29, 1.82) is 0 Å². The fourth-order valence-corrected chi connectivity index (χ4v) is 15.4. The molecule has 0 aromatic carbocycles. The number of nitrogens with one attached hydrogen (secondary N) is 5. The lowest BCUT2D eigenvalue weighted by Gasteiger charge is -2.55. The van der Waals surface area contributed by atoms with Gasteiger partial charge in [-0.05, 0) is 128 Å². The largest absolute Gasteiger partial charge is 0.378 e. The van der Waals surface area contributed by atoms with E-state index in [0.717, 1.165) is 108 Å². The summed E-state index contributed by atoms with van der Waals surface area (Å²) in [6, 6.07) is -1.32. The van der Waals surface area contributed by atoms with Gasteiger partial charge in [0.1, 0.15) is 17.6 Å². The summed E-state index contributed by atoms with van der Waals surface area (Å²) < 4.78 is 31.8. The number of hydrogen-bond donors (Lipinski definition) is 5. The number of fused-ring (bicyclic) bond motifs is 1. The molecule has 6 saturated heterocycles. The minimum Gasteiger partial charge on any atom is -0.378 e. The topological polar surface area (TPSA) is 236 Å². The average molecular weight is 1020 g/mol. The highest BCUT2D eigenvalue weighted by molar-refractivity contribution is 8.00. The summed E-state index contributed by atoms with van der Waals surface area (Å²) in [6.07, 6.45) is 16.5. The number of carbonyl (C=O) groups is 7. The molecule has 6 heterocycles. The second-order valence-corrected chi connectivity index (χ2v) is 25.5. The van der Waals surface area contributed by atoms with Crippen LogP contribution in [-0.4, -0.2) is 176 Å². The van der Waals surface area contributed by atoms with Gasteiger partial charge in [0.2, 0.25) is 51.4 Å². The first-order valence-electron chi connectivity index (χ1n) is 26.6. The van der Waals surface area contributed by atoms with E-state index in [1.54, 1.807) is 11.8 Å². The van der Waals surface area contributed by atoms with Gasteiger partial charge >= 0.3 is 0 Å². The van der Waals surface area contributed by atoms with Crippen LogP contribution in [0.4, 0.5) is 0 Å². The summed E-state index contributed by atoms with van der Waals surface area (Å²) in [4.78, 5) is 97.2. The van der Waals surface area contributed by atoms with Gasteiger partial charge in [-0.15, -0.1) is 11.8 Å². The molecule has 70 heavy (non-hydrogen) atoms. The summed E-state index contributed by atoms with van der Waals surface area (Å²) in [6.45, 7) is 6.30. The number of nitrogens with zero attached hydrogens (tertiary/aromatic N) is 4. The molecule has 6 aliphatic heterocycles. The first-order valence-corrected chi connectivity index (χ1v) is 29.5. The van der Waals surface area contributed by atoms with Gasteiger partial charge in [-0.2, -0.15) is 0 Å². The fraction of sp³-hybridized carbons (Fsp3) is 0.857. The number of carbonyl (C=O) groups excluding carboxylic acids is 7. The summed E-state index contributed by atoms with van der Waals surface area (Å²) in [7, 11) is -3.42. The van der Waals surface area contributed by atoms with Gasteiger partial charge in [-0.25, -0.2) is 12.7 Å². The number of likely N-dealkylation sites (tertiary alicyclic amines) is 3. The van der Waals surface area contributed by atoms with Crippen molar-refractivity contribution in [2.75, 3.05) is 77.6 Å². The quantitative estimate of drug-likeness (QED) is 0.102. The van der Waals surface area contributed by atoms with Crippen LogP contribution in [0.1, 0.15) is 116 Å². The van der Waals surface area contributed by atoms with Crippen LogP contribution in [0.3, 0.4) is 0 Å². The number of sulfonamides is 1. The third-order valence-corrected chi connectivity index (χ3v) is 20.0. The van der Waals surface area contributed by atoms with Gasteiger partial charge < -0.3 is 30.5 Å². The third kappa shape index (κ3) is 12.1. The second-order valence-electron chi connectivity index (χ2n) is 22.4. The zero-order chi connectivity index (χ0) is 49.2. The van der Waals surface area contributed by atoms with Gasteiger partial charge in [-0.1, -0.05) is 19.3 Å². The molecule has 3 aliphatic carbocycles. The maximum absolute atomic E-state index is 13.7. The first-order chi connectivity index (χ1) is 33.6. The van der Waals surface area contributed by atoms with E-state index in [0.29, 0.717) is 37.8 Å². The number of hydrogen-bond acceptors (Lipinski definition) is 14. The highest BCUT2D eigenvalue weighted by Crippen LogP contribution is 2.43. The normalized spacial score (nSPS) is 33.8. The number of thioether (sulfide) groups is 1. The van der Waals surface area contributed by atoms with E-state index in [4.69, 9.17) is 4.74 Å². The molecule has 5 N–H and O–H groups in total. The van der Waals surface area contributed by atoms with Gasteiger partial charge in [0.25, 0.3) is 0 Å². The zero-order valence-corrected chi connectivity index (χ0v) is 42.7. The number of amides is 7. The van der Waals surface area contributed by atoms with Crippen LogP contribution in [0.25, 0.3) is 0 Å². The second kappa shape index (κ2) is 22.5. The lowest BCUT2D eigenvalue weighted by Crippen LogP contribution is -2.63. The van der Waals surface area contributed by atoms with Gasteiger partial charge in [0.15, 0.2) is 0 Å². The molecule has 19 nitrogen and oxygen atoms in total. The molecular formula is C49H77N9O10S2. The monoisotopic (exact) mass is 1020 g/mol. The molecule has 0 bridgehead atoms. The van der Waals surface area contributed by atoms with Gasteiger partial charge in [-0.3, -0.25) is 49.1 Å². The minimum atomic E-state index is -3.42. The number of rotatable bonds is 17. The van der Waals surface area contributed by atoms with E-state index in [-0.39, 0.29) is 103 Å². The highest BCUT2D eigenvalue weighted by Gasteiger charge is 2.54. The lowest BCUT2D eigenvalue weighted by molar-refractivity contribution is -0.153. The Bertz CT molecular complexity index is 2070. The summed E-state index contributed by atoms with van der Waals surface area (Å²) in [5.74, 6) is -1.38. The van der Waals surface area contributed by atoms with E-state index < -0.39 is 39.8 Å². The number of imide groups is 2. The van der Waals surface area contributed by atoms with E-state index in [1.807, 2.05) is 0 Å². The smallest absolute Gasteiger partial charge is 0.249 e. The van der Waals surface area contributed by atoms with Crippen LogP contribution in [0.5, 0.6) is 0 Å². The van der Waals surface area contributed by atoms with Crippen LogP contribution in [0.15, 0.2) is 0 Å². The molecule has 0 aromatic rings. The van der Waals surface area contributed by atoms with Crippen LogP contribution >= 0.6 is 11.8 Å². The number of piperidine rings is 2. The van der Waals surface area contributed by atoms with Crippen LogP contribution in [0.2, 0.25) is 0 Å². The zero-order valence-electron chi connectivity index (χ0n) is 41.0. The van der Waals surface area contributed by atoms with E-state index >= 15 is 0 Å². The maximum Gasteiger partial charge on any atom is 0.249 e. The summed E-state index contributed by atoms with van der Waals surface area (Å²) >= 11 is 1.68. The Hall–Kier alpha value is -3.21. The van der Waals surface area contributed by atoms with Crippen molar-refractivity contribution >= 4 is 63.1 Å². The molecule has 0 radical (unpaired) electrons. The first kappa shape index (κ1) is 51.7. The Labute approximate surface area is 417 Å². The van der Waals surface area contributed by atoms with Crippen molar-refractivity contribution in [1.82, 2.24) is 45.6 Å². The minimum absolute atomic E-state index is 0.0110. The van der Waals surface area contributed by atoms with E-state index in [2.05, 4.69) is 36.4 Å². The molecule has 21 heteroatoms. The van der Waals surface area contributed by atoms with Crippen molar-refractivity contribution in [2.24, 2.45) is 40.9 Å². The van der Waals surface area contributed by atoms with Crippen LogP contribution < -0.4 is 26.6 Å². The van der Waals surface area contributed by atoms with E-state index in [9.17, 15) is 42.0 Å². The maximum atomic E-state index is 13.7. The predicted molar refractivity (Wildman–Crippen MR) is 261 cm³/mol. The van der Waals surface area contributed by atoms with Crippen molar-refractivity contribution in [3.05, 3.63) is 0 Å². The molecule has 9 rings (SSSR count). The van der Waals surface area contributed by atoms with Crippen molar-refractivity contribution in [2.45, 2.75) is 145 Å². The number of ether oxygens (including phenoxy) is 1. The molecule has 7 amide bonds. The molecule has 8 atom stereocenters. The molecule has 390 valence electrons. The van der Waals surface area contributed by atoms with Gasteiger partial charge in [0, 0.05) is 68.4 Å². The lowest BCUT2D eigenvalue weighted by atomic mass is 9.71. The Morgan fingerprint density at radius 3 is 2.33 bits per heavy atom. The summed E-state index contributed by atoms with van der Waals surface area (Å²) in [5, 5.41) is 15.5. The highest BCUT2D eigenvalue weighted by atomic mass is 32.2. The predicted octanol–water partition coefficient (Wildman–Crippen LogP) is 1.12. The molecule has 9 aliphatic rings. The van der Waals surface area contributed by atoms with Crippen molar-refractivity contribution in [3.63, 3.8) is 0 Å². The third-order valence-electron chi connectivity index (χ3n) is 17.6. The average Bonchev–Trinajstić information content (AvgIpc) is 4.09. The van der Waals surface area contributed by atoms with Gasteiger partial charge in [0.05, 0.1) is 30.6 Å². The molecule has 1 spiro atoms. The molecule has 3 saturated carbocycles. The Morgan fingerprint density at radius 2 is 1.61 bits per heavy atom. The standard InChI is InChI=1S/C49H77N9O10S2/c1-70(66,67)57-21-16-34(25-57)42(60)51-38(43(61)54-48-52-39(28-69-48)32-6-3-2-4-7-32)27-68-26-31-8-10-33(11-9-31)45(63)56-29-49(30-56)17-22-55(23-18-49)20-5-19-50-35-12-13-36-37(24-35)47(65)58(46(36)64)40-14-15-41(59)53-44(40)62/h31-40,48,50,52H,2-30H2,1H3,(H,51,60)(H,54,61)(H,53,59,62)/t31?,33?,34?,35?,36?,37?,38-,39?,40?,48?/m0/s1. The molecule has 7 unspecified atom stereocenters. The van der Waals surface area contributed by atoms with Crippen molar-refractivity contribution in [3.8, 4) is 0 Å². The van der Waals surface area contributed by atoms with E-state index in [1.165, 1.54) is 36.4 Å². The van der Waals surface area contributed by atoms with Crippen LogP contribution in [0, 0.1) is 40.9 Å². The van der Waals surface area contributed by atoms with Crippen LogP contribution in [-0.2, 0) is 48.3 Å². The molecular weight excluding hydrogens is 939 g/mol. The Kier molecular flexibility index (Phi) is 16.6. The fourth-order valence-electron chi connectivity index (χ4n) is 13.2. The Morgan fingerprint density at radius 1 is 0.871 bits per heavy atom. The SMILES string of the molecule is CS(=O)(=O)N1CCC(C(=O)N[C@@H](COCC2CCC(C(=O)N3CC4(CCN(CCCNC5CCC6C(=O)N(C7CCC(=O)NC7=O)C(=O)C6C5)CC4)C3)CC2)C(=O)NC2NC(C3CCCCC3)CS2)C1. The van der Waals surface area contributed by atoms with Crippen molar-refractivity contribution < 1.29 is 46.7 Å². The summed E-state index contributed by atoms with van der Waals surface area (Å²) in [5.41, 5.74) is -0.0496. The Balaban J connectivity index is 0.653. The molecule has 0 aromatic heterocycles.